The van der Waals surface area contributed by atoms with E-state index in [2.05, 4.69) is 95.7 Å². The van der Waals surface area contributed by atoms with Crippen LogP contribution in [0.25, 0.3) is 33.8 Å². The third kappa shape index (κ3) is 28.1. The van der Waals surface area contributed by atoms with Gasteiger partial charge in [-0.1, -0.05) is 140 Å². The first-order valence-electron chi connectivity index (χ1n) is 33.3. The lowest BCUT2D eigenvalue weighted by Gasteiger charge is -2.29. The van der Waals surface area contributed by atoms with Crippen LogP contribution in [0.4, 0.5) is 33.8 Å². The van der Waals surface area contributed by atoms with E-state index >= 15 is 0 Å². The number of hydrogen-bond donors (Lipinski definition) is 6. The molecule has 99 heavy (non-hydrogen) atoms. The summed E-state index contributed by atoms with van der Waals surface area (Å²) in [6.07, 6.45) is 16.7. The average molecular weight is 1470 g/mol. The van der Waals surface area contributed by atoms with Crippen LogP contribution in [0.15, 0.2) is 144 Å². The number of benzene rings is 3. The van der Waals surface area contributed by atoms with Crippen molar-refractivity contribution in [2.75, 3.05) is 28.6 Å². The SMILES string of the molecule is CC(C)(C)OC(=O)N(Cc1ccccc1)c1nc(-c2cc(F)ncc2Cl)cs1.CC(C)(C)OC(=O)Nc1nc(-c2cc(F)ncc2Cl)cs1.CCCNC1CCC(Cc2cc(-c3csc(NCc4ccccc4)n3)c(Cl)cn2)CC1.CCCNC1CCC(N)CC1.OCc1ccccc1. The van der Waals surface area contributed by atoms with Gasteiger partial charge in [0.2, 0.25) is 11.9 Å². The lowest BCUT2D eigenvalue weighted by molar-refractivity contribution is 0.0575. The summed E-state index contributed by atoms with van der Waals surface area (Å²) in [5.41, 5.74) is 12.5. The summed E-state index contributed by atoms with van der Waals surface area (Å²) >= 11 is 22.6. The fraction of sp³-hybridized carbons (Fsp3) is 0.405. The van der Waals surface area contributed by atoms with Crippen LogP contribution in [0.1, 0.15) is 142 Å². The van der Waals surface area contributed by atoms with Gasteiger partial charge in [-0.3, -0.25) is 10.3 Å². The molecule has 2 aliphatic carbocycles. The number of carbonyl (C=O) groups is 2. The number of nitrogens with two attached hydrogens (primary N) is 1. The number of carbonyl (C=O) groups excluding carboxylic acids is 2. The number of rotatable bonds is 19. The Bertz CT molecular complexity index is 3870. The molecule has 3 aromatic carbocycles. The molecule has 9 aromatic rings. The van der Waals surface area contributed by atoms with Crippen LogP contribution in [0.2, 0.25) is 15.1 Å². The van der Waals surface area contributed by atoms with Gasteiger partial charge in [0.1, 0.15) is 11.2 Å². The number of halogens is 5. The van der Waals surface area contributed by atoms with E-state index in [4.69, 9.17) is 60.1 Å². The Morgan fingerprint density at radius 2 is 1.05 bits per heavy atom. The summed E-state index contributed by atoms with van der Waals surface area (Å²) in [5, 5.41) is 30.0. The van der Waals surface area contributed by atoms with E-state index < -0.39 is 35.3 Å². The maximum atomic E-state index is 13.5. The zero-order valence-electron chi connectivity index (χ0n) is 57.4. The van der Waals surface area contributed by atoms with E-state index in [-0.39, 0.29) is 16.7 Å². The van der Waals surface area contributed by atoms with E-state index in [9.17, 15) is 18.4 Å². The normalized spacial score (nSPS) is 15.8. The van der Waals surface area contributed by atoms with Crippen molar-refractivity contribution in [3.8, 4) is 33.8 Å². The van der Waals surface area contributed by atoms with Crippen molar-refractivity contribution < 1.29 is 33.0 Å². The molecule has 0 unspecified atom stereocenters. The van der Waals surface area contributed by atoms with Crippen molar-refractivity contribution >= 4 is 96.4 Å². The van der Waals surface area contributed by atoms with Crippen molar-refractivity contribution in [2.24, 2.45) is 11.7 Å². The standard InChI is InChI=1S/C25H31ClN4S.C20H19ClFN3O2S.C13H13ClFN3O2S.C9H20N2.C7H8O/c1-2-12-27-20-10-8-18(9-11-20)13-21-14-22(23(26)16-28-21)24-17-31-25(30-24)29-15-19-6-4-3-5-7-19;1-20(2,3)27-19(26)25(11-13-7-5-4-6-8-13)18-24-16(12-28-18)14-9-17(22)23-10-15(14)21;1-13(2,3)20-12(19)18-11-17-9(6-21-11)7-4-10(15)16-5-8(7)14;1-2-7-11-9-5-3-8(10)4-6-9;8-6-7-4-2-1-3-5-7/h3-7,14,16-18,20,27H,2,8-13,15H2,1H3,(H,29,30);4-10,12H,11H2,1-3H3;4-6H,1-3H3,(H,17,18,19);8-9,11H,2-7,10H2,1H3;1-5,8H,6H2. The number of anilines is 3. The number of aromatic nitrogens is 6. The second kappa shape index (κ2) is 40.4. The summed E-state index contributed by atoms with van der Waals surface area (Å²) < 4.78 is 37.3. The van der Waals surface area contributed by atoms with Gasteiger partial charge in [0.05, 0.1) is 45.3 Å². The Labute approximate surface area is 608 Å². The number of pyridine rings is 3. The molecule has 0 atom stereocenters. The summed E-state index contributed by atoms with van der Waals surface area (Å²) in [4.78, 5) is 50.9. The van der Waals surface area contributed by atoms with Crippen LogP contribution < -0.4 is 31.9 Å². The lowest BCUT2D eigenvalue weighted by atomic mass is 9.83. The maximum absolute atomic E-state index is 13.5. The molecule has 25 heteroatoms. The largest absolute Gasteiger partial charge is 0.444 e. The van der Waals surface area contributed by atoms with Crippen LogP contribution in [0.5, 0.6) is 0 Å². The molecule has 0 aliphatic heterocycles. The number of nitrogens with one attached hydrogen (secondary N) is 4. The van der Waals surface area contributed by atoms with Crippen LogP contribution in [0, 0.1) is 17.8 Å². The maximum Gasteiger partial charge on any atom is 0.416 e. The predicted octanol–water partition coefficient (Wildman–Crippen LogP) is 19.3. The number of thiazole rings is 3. The Kier molecular flexibility index (Phi) is 32.3. The van der Waals surface area contributed by atoms with Crippen LogP contribution in [-0.4, -0.2) is 89.6 Å². The summed E-state index contributed by atoms with van der Waals surface area (Å²) in [6.45, 7) is 18.6. The molecule has 7 N–H and O–H groups in total. The van der Waals surface area contributed by atoms with E-state index in [1.165, 1.54) is 128 Å². The van der Waals surface area contributed by atoms with Gasteiger partial charge in [-0.15, -0.1) is 34.0 Å². The van der Waals surface area contributed by atoms with E-state index in [0.717, 1.165) is 58.8 Å². The molecule has 0 radical (unpaired) electrons. The first kappa shape index (κ1) is 79.2. The van der Waals surface area contributed by atoms with Gasteiger partial charge in [-0.05, 0) is 154 Å². The molecule has 17 nitrogen and oxygen atoms in total. The first-order valence-corrected chi connectivity index (χ1v) is 37.0. The second-order valence-corrected chi connectivity index (χ2v) is 29.6. The third-order valence-corrected chi connectivity index (χ3v) is 18.6. The molecule has 0 bridgehead atoms. The highest BCUT2D eigenvalue weighted by atomic mass is 35.5. The Hall–Kier alpha value is -7.09. The monoisotopic (exact) mass is 1470 g/mol. The van der Waals surface area contributed by atoms with Crippen molar-refractivity contribution in [1.29, 1.82) is 0 Å². The molecule has 6 heterocycles. The molecule has 2 saturated carbocycles. The van der Waals surface area contributed by atoms with Gasteiger partial charge in [0, 0.05) is 93.9 Å². The Morgan fingerprint density at radius 1 is 0.596 bits per heavy atom. The van der Waals surface area contributed by atoms with E-state index in [1.54, 1.807) is 69.8 Å². The van der Waals surface area contributed by atoms with Crippen molar-refractivity contribution in [3.63, 3.8) is 0 Å². The fourth-order valence-electron chi connectivity index (χ4n) is 10.4. The quantitative estimate of drug-likeness (QED) is 0.0414. The number of amides is 2. The fourth-order valence-corrected chi connectivity index (χ4v) is 13.2. The topological polar surface area (TPSA) is 228 Å². The number of ether oxygens (including phenoxy) is 2. The van der Waals surface area contributed by atoms with Gasteiger partial charge in [-0.25, -0.2) is 39.4 Å². The average Bonchev–Trinajstić information content (AvgIpc) is 1.73. The summed E-state index contributed by atoms with van der Waals surface area (Å²) in [7, 11) is 0. The van der Waals surface area contributed by atoms with Crippen LogP contribution in [0.3, 0.4) is 0 Å². The second-order valence-electron chi connectivity index (χ2n) is 25.8. The molecule has 530 valence electrons. The zero-order valence-corrected chi connectivity index (χ0v) is 62.1. The Balaban J connectivity index is 0.000000186. The van der Waals surface area contributed by atoms with Gasteiger partial charge >= 0.3 is 12.2 Å². The van der Waals surface area contributed by atoms with Crippen LogP contribution in [-0.2, 0) is 35.6 Å². The molecular weight excluding hydrogens is 1380 g/mol. The summed E-state index contributed by atoms with van der Waals surface area (Å²) in [5.74, 6) is -0.592. The molecule has 2 fully saturated rings. The number of aliphatic hydroxyl groups is 1. The molecule has 6 aromatic heterocycles. The minimum Gasteiger partial charge on any atom is -0.444 e. The van der Waals surface area contributed by atoms with Crippen molar-refractivity contribution in [3.05, 3.63) is 193 Å². The predicted molar refractivity (Wildman–Crippen MR) is 402 cm³/mol. The van der Waals surface area contributed by atoms with E-state index in [0.29, 0.717) is 62.3 Å². The molecule has 2 amide bonds. The van der Waals surface area contributed by atoms with Gasteiger partial charge in [-0.2, -0.15) is 8.78 Å². The van der Waals surface area contributed by atoms with Crippen molar-refractivity contribution in [2.45, 2.75) is 175 Å². The Morgan fingerprint density at radius 3 is 1.56 bits per heavy atom. The number of nitrogens with zero attached hydrogens (tertiary/aromatic N) is 7. The molecule has 0 spiro atoms. The van der Waals surface area contributed by atoms with E-state index in [1.807, 2.05) is 66.7 Å². The molecule has 0 saturated heterocycles. The number of hydrogen-bond acceptors (Lipinski definition) is 18. The minimum absolute atomic E-state index is 0.140. The number of aliphatic hydroxyl groups excluding tert-OH is 1. The third-order valence-electron chi connectivity index (χ3n) is 15.3. The first-order chi connectivity index (χ1) is 47.4. The highest BCUT2D eigenvalue weighted by Crippen LogP contribution is 2.36. The van der Waals surface area contributed by atoms with Gasteiger partial charge in [0.15, 0.2) is 15.4 Å². The summed E-state index contributed by atoms with van der Waals surface area (Å²) in [6, 6.07) is 35.9. The molecule has 11 rings (SSSR count). The molecular formula is C74H91Cl3F2N12O5S3. The highest BCUT2D eigenvalue weighted by Gasteiger charge is 2.28. The van der Waals surface area contributed by atoms with Gasteiger partial charge in [0.25, 0.3) is 0 Å². The smallest absolute Gasteiger partial charge is 0.416 e. The van der Waals surface area contributed by atoms with Crippen molar-refractivity contribution in [1.82, 2.24) is 40.5 Å². The van der Waals surface area contributed by atoms with Gasteiger partial charge < -0.3 is 36.3 Å². The molecule has 2 aliphatic rings. The lowest BCUT2D eigenvalue weighted by Crippen LogP contribution is -2.37. The van der Waals surface area contributed by atoms with Crippen LogP contribution >= 0.6 is 68.8 Å². The zero-order chi connectivity index (χ0) is 71.3. The minimum atomic E-state index is -0.651. The highest BCUT2D eigenvalue weighted by molar-refractivity contribution is 7.14.